The van der Waals surface area contributed by atoms with Gasteiger partial charge in [-0.15, -0.1) is 34.2 Å². The zero-order chi connectivity index (χ0) is 20.2. The van der Waals surface area contributed by atoms with Crippen molar-refractivity contribution >= 4 is 29.9 Å². The maximum atomic E-state index is 5.42. The predicted octanol–water partition coefficient (Wildman–Crippen LogP) is 1.31. The fourth-order valence-electron chi connectivity index (χ4n) is 3.13. The number of nitrogens with zero attached hydrogens (tertiary/aromatic N) is 5. The summed E-state index contributed by atoms with van der Waals surface area (Å²) >= 11 is 0. The highest BCUT2D eigenvalue weighted by Gasteiger charge is 2.19. The van der Waals surface area contributed by atoms with Gasteiger partial charge >= 0.3 is 0 Å². The molecular formula is C19H38IN7O2. The standard InChI is InChI=1S/C19H37N7O2.HI/c1-5-28-13-6-9-20-19(21-15-18-24-23-16(2)25(18)3)22-17-7-10-26(11-8-17)12-14-27-4;/h17H,5-15H2,1-4H3,(H2,20,21,22);1H. The Morgan fingerprint density at radius 1 is 1.24 bits per heavy atom. The van der Waals surface area contributed by atoms with E-state index in [-0.39, 0.29) is 24.0 Å². The molecule has 2 N–H and O–H groups in total. The predicted molar refractivity (Wildman–Crippen MR) is 126 cm³/mol. The number of likely N-dealkylation sites (tertiary alicyclic amines) is 1. The van der Waals surface area contributed by atoms with Crippen LogP contribution >= 0.6 is 24.0 Å². The molecule has 1 aliphatic rings. The molecule has 1 aromatic heterocycles. The van der Waals surface area contributed by atoms with Gasteiger partial charge in [0, 0.05) is 59.6 Å². The average Bonchev–Trinajstić information content (AvgIpc) is 3.03. The number of ether oxygens (including phenoxy) is 2. The highest BCUT2D eigenvalue weighted by atomic mass is 127. The Hall–Kier alpha value is -0.980. The summed E-state index contributed by atoms with van der Waals surface area (Å²) in [4.78, 5) is 7.20. The summed E-state index contributed by atoms with van der Waals surface area (Å²) < 4.78 is 12.6. The molecule has 0 aromatic carbocycles. The number of halogens is 1. The van der Waals surface area contributed by atoms with E-state index in [1.807, 2.05) is 25.5 Å². The lowest BCUT2D eigenvalue weighted by atomic mass is 10.1. The van der Waals surface area contributed by atoms with Gasteiger partial charge in [0.05, 0.1) is 6.61 Å². The number of rotatable bonds is 11. The SMILES string of the molecule is CCOCCCNC(=NCc1nnc(C)n1C)NC1CCN(CCOC)CC1.I. The number of nitrogens with one attached hydrogen (secondary N) is 2. The van der Waals surface area contributed by atoms with Gasteiger partial charge in [0.15, 0.2) is 11.8 Å². The van der Waals surface area contributed by atoms with Gasteiger partial charge in [-0.05, 0) is 33.1 Å². The molecule has 10 heteroatoms. The molecular weight excluding hydrogens is 485 g/mol. The van der Waals surface area contributed by atoms with Crippen LogP contribution in [0.15, 0.2) is 4.99 Å². The topological polar surface area (TPSA) is 88.8 Å². The van der Waals surface area contributed by atoms with Crippen molar-refractivity contribution in [3.05, 3.63) is 11.6 Å². The Kier molecular flexibility index (Phi) is 13.4. The first kappa shape index (κ1) is 26.1. The third kappa shape index (κ3) is 9.58. The second kappa shape index (κ2) is 14.9. The third-order valence-electron chi connectivity index (χ3n) is 5.06. The molecule has 0 amide bonds. The molecule has 2 heterocycles. The fourth-order valence-corrected chi connectivity index (χ4v) is 3.13. The molecule has 1 fully saturated rings. The third-order valence-corrected chi connectivity index (χ3v) is 5.06. The molecule has 0 unspecified atom stereocenters. The number of hydrogen-bond acceptors (Lipinski definition) is 6. The Balaban J connectivity index is 0.00000420. The van der Waals surface area contributed by atoms with Crippen LogP contribution in [0.1, 0.15) is 37.8 Å². The lowest BCUT2D eigenvalue weighted by Gasteiger charge is -2.32. The Bertz CT molecular complexity index is 589. The summed E-state index contributed by atoms with van der Waals surface area (Å²) in [6.45, 7) is 10.8. The molecule has 0 saturated carbocycles. The summed E-state index contributed by atoms with van der Waals surface area (Å²) in [5, 5.41) is 15.4. The molecule has 2 rings (SSSR count). The number of aliphatic imine (C=N–C) groups is 1. The van der Waals surface area contributed by atoms with Crippen molar-refractivity contribution in [1.82, 2.24) is 30.3 Å². The van der Waals surface area contributed by atoms with Crippen molar-refractivity contribution < 1.29 is 9.47 Å². The van der Waals surface area contributed by atoms with Crippen LogP contribution in [-0.2, 0) is 23.1 Å². The van der Waals surface area contributed by atoms with Gasteiger partial charge in [-0.3, -0.25) is 0 Å². The minimum absolute atomic E-state index is 0. The largest absolute Gasteiger partial charge is 0.383 e. The van der Waals surface area contributed by atoms with E-state index in [0.717, 1.165) is 82.9 Å². The molecule has 0 aliphatic carbocycles. The molecule has 9 nitrogen and oxygen atoms in total. The number of methoxy groups -OCH3 is 1. The molecule has 168 valence electrons. The van der Waals surface area contributed by atoms with Crippen LogP contribution in [0.2, 0.25) is 0 Å². The monoisotopic (exact) mass is 523 g/mol. The van der Waals surface area contributed by atoms with Crippen LogP contribution in [0.4, 0.5) is 0 Å². The van der Waals surface area contributed by atoms with Gasteiger partial charge < -0.3 is 29.6 Å². The zero-order valence-corrected chi connectivity index (χ0v) is 20.6. The van der Waals surface area contributed by atoms with Crippen molar-refractivity contribution in [2.45, 2.75) is 45.7 Å². The molecule has 0 spiro atoms. The molecule has 1 aliphatic heterocycles. The molecule has 29 heavy (non-hydrogen) atoms. The van der Waals surface area contributed by atoms with Crippen molar-refractivity contribution in [2.24, 2.45) is 12.0 Å². The van der Waals surface area contributed by atoms with E-state index in [1.165, 1.54) is 0 Å². The highest BCUT2D eigenvalue weighted by molar-refractivity contribution is 14.0. The Morgan fingerprint density at radius 2 is 2.00 bits per heavy atom. The second-order valence-corrected chi connectivity index (χ2v) is 7.12. The summed E-state index contributed by atoms with van der Waals surface area (Å²) in [5.41, 5.74) is 0. The van der Waals surface area contributed by atoms with Crippen molar-refractivity contribution in [2.75, 3.05) is 53.1 Å². The van der Waals surface area contributed by atoms with Gasteiger partial charge in [-0.2, -0.15) is 0 Å². The molecule has 1 saturated heterocycles. The fraction of sp³-hybridized carbons (Fsp3) is 0.842. The summed E-state index contributed by atoms with van der Waals surface area (Å²) in [5.74, 6) is 2.60. The zero-order valence-electron chi connectivity index (χ0n) is 18.3. The first-order valence-corrected chi connectivity index (χ1v) is 10.3. The van der Waals surface area contributed by atoms with E-state index >= 15 is 0 Å². The Morgan fingerprint density at radius 3 is 2.62 bits per heavy atom. The number of guanidine groups is 1. The second-order valence-electron chi connectivity index (χ2n) is 7.12. The normalized spacial score (nSPS) is 15.9. The van der Waals surface area contributed by atoms with Crippen molar-refractivity contribution in [3.8, 4) is 0 Å². The van der Waals surface area contributed by atoms with E-state index in [4.69, 9.17) is 14.5 Å². The van der Waals surface area contributed by atoms with Crippen LogP contribution < -0.4 is 10.6 Å². The lowest BCUT2D eigenvalue weighted by Crippen LogP contribution is -2.49. The maximum Gasteiger partial charge on any atom is 0.191 e. The first-order chi connectivity index (χ1) is 13.6. The first-order valence-electron chi connectivity index (χ1n) is 10.3. The van der Waals surface area contributed by atoms with Crippen molar-refractivity contribution in [1.29, 1.82) is 0 Å². The van der Waals surface area contributed by atoms with Crippen LogP contribution in [0.3, 0.4) is 0 Å². The average molecular weight is 523 g/mol. The van der Waals surface area contributed by atoms with Crippen LogP contribution in [0.5, 0.6) is 0 Å². The minimum atomic E-state index is 0. The molecule has 0 bridgehead atoms. The van der Waals surface area contributed by atoms with Gasteiger partial charge in [0.25, 0.3) is 0 Å². The van der Waals surface area contributed by atoms with E-state index in [0.29, 0.717) is 12.6 Å². The van der Waals surface area contributed by atoms with Crippen LogP contribution in [0, 0.1) is 6.92 Å². The van der Waals surface area contributed by atoms with Crippen LogP contribution in [0.25, 0.3) is 0 Å². The summed E-state index contributed by atoms with van der Waals surface area (Å²) in [7, 11) is 3.73. The summed E-state index contributed by atoms with van der Waals surface area (Å²) in [6.07, 6.45) is 3.16. The van der Waals surface area contributed by atoms with Gasteiger partial charge in [-0.1, -0.05) is 0 Å². The van der Waals surface area contributed by atoms with Crippen molar-refractivity contribution in [3.63, 3.8) is 0 Å². The quantitative estimate of drug-likeness (QED) is 0.196. The number of aryl methyl sites for hydroxylation is 1. The van der Waals surface area contributed by atoms with E-state index < -0.39 is 0 Å². The molecule has 0 radical (unpaired) electrons. The van der Waals surface area contributed by atoms with Gasteiger partial charge in [-0.25, -0.2) is 4.99 Å². The van der Waals surface area contributed by atoms with E-state index in [9.17, 15) is 0 Å². The molecule has 1 aromatic rings. The molecule has 0 atom stereocenters. The highest BCUT2D eigenvalue weighted by Crippen LogP contribution is 2.10. The number of aromatic nitrogens is 3. The van der Waals surface area contributed by atoms with Gasteiger partial charge in [0.2, 0.25) is 0 Å². The minimum Gasteiger partial charge on any atom is -0.383 e. The number of hydrogen-bond donors (Lipinski definition) is 2. The maximum absolute atomic E-state index is 5.42. The van der Waals surface area contributed by atoms with Gasteiger partial charge in [0.1, 0.15) is 12.4 Å². The Labute approximate surface area is 192 Å². The number of piperidine rings is 1. The van der Waals surface area contributed by atoms with E-state index in [2.05, 4.69) is 25.7 Å². The lowest BCUT2D eigenvalue weighted by molar-refractivity contribution is 0.128. The van der Waals surface area contributed by atoms with E-state index in [1.54, 1.807) is 7.11 Å². The smallest absolute Gasteiger partial charge is 0.191 e. The van der Waals surface area contributed by atoms with Crippen LogP contribution in [-0.4, -0.2) is 84.8 Å². The summed E-state index contributed by atoms with van der Waals surface area (Å²) in [6, 6.07) is 0.429.